The lowest BCUT2D eigenvalue weighted by Gasteiger charge is -2.43. The van der Waals surface area contributed by atoms with E-state index in [0.717, 1.165) is 5.56 Å². The normalized spacial score (nSPS) is 32.0. The number of anilines is 1. The Kier molecular flexibility index (Phi) is 5.37. The SMILES string of the molecule is C[C@@H]1O[C@H](c2ccncc2N2C=CSC2c2c(F)cccc2F)C[C@H](O)[C@@]1(C)O. The number of nitrogens with zero attached hydrogens (tertiary/aromatic N) is 2. The fourth-order valence-electron chi connectivity index (χ4n) is 3.72. The van der Waals surface area contributed by atoms with Crippen molar-refractivity contribution >= 4 is 17.4 Å². The molecule has 2 aliphatic heterocycles. The monoisotopic (exact) mass is 420 g/mol. The molecule has 4 rings (SSSR count). The van der Waals surface area contributed by atoms with E-state index in [1.165, 1.54) is 30.0 Å². The Morgan fingerprint density at radius 2 is 2.00 bits per heavy atom. The van der Waals surface area contributed by atoms with E-state index in [2.05, 4.69) is 4.98 Å². The lowest BCUT2D eigenvalue weighted by atomic mass is 9.84. The number of thioether (sulfide) groups is 1. The second kappa shape index (κ2) is 7.68. The van der Waals surface area contributed by atoms with E-state index in [1.54, 1.807) is 48.8 Å². The van der Waals surface area contributed by atoms with Gasteiger partial charge in [-0.3, -0.25) is 4.98 Å². The standard InChI is InChI=1S/C21H22F2N2O3S/c1-12-21(2,27)18(26)10-17(28-12)13-6-7-24-11-16(13)25-8-9-29-20(25)19-14(22)4-3-5-15(19)23/h3-9,11-12,17-18,20,26-27H,10H2,1-2H3/t12-,17-,18-,20?,21-/m0/s1. The second-order valence-corrected chi connectivity index (χ2v) is 8.49. The van der Waals surface area contributed by atoms with Crippen molar-refractivity contribution < 1.29 is 23.7 Å². The number of rotatable bonds is 3. The molecule has 1 unspecified atom stereocenters. The van der Waals surface area contributed by atoms with Gasteiger partial charge in [0.25, 0.3) is 0 Å². The summed E-state index contributed by atoms with van der Waals surface area (Å²) in [5, 5.41) is 22.0. The number of pyridine rings is 1. The summed E-state index contributed by atoms with van der Waals surface area (Å²) < 4.78 is 34.9. The summed E-state index contributed by atoms with van der Waals surface area (Å²) in [6.45, 7) is 3.25. The first kappa shape index (κ1) is 20.3. The van der Waals surface area contributed by atoms with Gasteiger partial charge in [0, 0.05) is 24.4 Å². The van der Waals surface area contributed by atoms with Crippen molar-refractivity contribution in [1.82, 2.24) is 4.98 Å². The van der Waals surface area contributed by atoms with Crippen LogP contribution in [-0.2, 0) is 4.74 Å². The van der Waals surface area contributed by atoms with Crippen LogP contribution in [0.3, 0.4) is 0 Å². The molecule has 0 radical (unpaired) electrons. The quantitative estimate of drug-likeness (QED) is 0.781. The molecule has 0 bridgehead atoms. The highest BCUT2D eigenvalue weighted by atomic mass is 32.2. The number of aliphatic hydroxyl groups is 2. The molecule has 1 aromatic heterocycles. The van der Waals surface area contributed by atoms with E-state index in [0.29, 0.717) is 5.69 Å². The highest BCUT2D eigenvalue weighted by molar-refractivity contribution is 8.02. The molecule has 0 spiro atoms. The van der Waals surface area contributed by atoms with Crippen molar-refractivity contribution in [3.8, 4) is 0 Å². The van der Waals surface area contributed by atoms with Gasteiger partial charge < -0.3 is 19.8 Å². The molecule has 154 valence electrons. The Hall–Kier alpha value is -2.00. The number of hydrogen-bond donors (Lipinski definition) is 2. The minimum Gasteiger partial charge on any atom is -0.390 e. The van der Waals surface area contributed by atoms with Gasteiger partial charge in [0.1, 0.15) is 22.6 Å². The van der Waals surface area contributed by atoms with Crippen LogP contribution in [0.4, 0.5) is 14.5 Å². The van der Waals surface area contributed by atoms with Gasteiger partial charge in [-0.25, -0.2) is 8.78 Å². The number of aromatic nitrogens is 1. The predicted octanol–water partition coefficient (Wildman–Crippen LogP) is 4.04. The van der Waals surface area contributed by atoms with Crippen LogP contribution in [-0.4, -0.2) is 33.0 Å². The Balaban J connectivity index is 1.71. The fraction of sp³-hybridized carbons (Fsp3) is 0.381. The average Bonchev–Trinajstić information content (AvgIpc) is 3.15. The van der Waals surface area contributed by atoms with Crippen molar-refractivity contribution in [2.24, 2.45) is 0 Å². The highest BCUT2D eigenvalue weighted by Crippen LogP contribution is 2.47. The summed E-state index contributed by atoms with van der Waals surface area (Å²) in [6.07, 6.45) is 3.10. The van der Waals surface area contributed by atoms with Gasteiger partial charge in [-0.15, -0.1) is 11.8 Å². The van der Waals surface area contributed by atoms with Crippen LogP contribution in [0.5, 0.6) is 0 Å². The molecule has 5 nitrogen and oxygen atoms in total. The lowest BCUT2D eigenvalue weighted by Crippen LogP contribution is -2.54. The Labute approximate surface area is 172 Å². The largest absolute Gasteiger partial charge is 0.390 e. The molecule has 1 saturated heterocycles. The molecule has 8 heteroatoms. The Morgan fingerprint density at radius 3 is 2.69 bits per heavy atom. The van der Waals surface area contributed by atoms with Crippen molar-refractivity contribution in [1.29, 1.82) is 0 Å². The van der Waals surface area contributed by atoms with Gasteiger partial charge in [-0.2, -0.15) is 0 Å². The minimum atomic E-state index is -1.36. The maximum absolute atomic E-state index is 14.4. The predicted molar refractivity (Wildman–Crippen MR) is 107 cm³/mol. The first-order valence-corrected chi connectivity index (χ1v) is 10.3. The summed E-state index contributed by atoms with van der Waals surface area (Å²) in [7, 11) is 0. The highest BCUT2D eigenvalue weighted by Gasteiger charge is 2.45. The van der Waals surface area contributed by atoms with E-state index < -0.39 is 40.9 Å². The molecule has 29 heavy (non-hydrogen) atoms. The van der Waals surface area contributed by atoms with E-state index in [1.807, 2.05) is 0 Å². The van der Waals surface area contributed by atoms with Crippen LogP contribution in [0.15, 0.2) is 48.3 Å². The first-order chi connectivity index (χ1) is 13.8. The summed E-state index contributed by atoms with van der Waals surface area (Å²) in [5.41, 5.74) is -0.0211. The zero-order valence-electron chi connectivity index (χ0n) is 16.0. The van der Waals surface area contributed by atoms with Gasteiger partial charge in [-0.05, 0) is 37.5 Å². The molecule has 1 fully saturated rings. The number of hydrogen-bond acceptors (Lipinski definition) is 6. The van der Waals surface area contributed by atoms with Crippen molar-refractivity contribution in [2.45, 2.75) is 49.6 Å². The van der Waals surface area contributed by atoms with Gasteiger partial charge in [0.2, 0.25) is 0 Å². The van der Waals surface area contributed by atoms with Gasteiger partial charge in [0.05, 0.1) is 35.8 Å². The molecule has 0 amide bonds. The Morgan fingerprint density at radius 1 is 1.28 bits per heavy atom. The summed E-state index contributed by atoms with van der Waals surface area (Å²) >= 11 is 1.29. The zero-order valence-corrected chi connectivity index (χ0v) is 16.8. The molecular formula is C21H22F2N2O3S. The van der Waals surface area contributed by atoms with Gasteiger partial charge >= 0.3 is 0 Å². The van der Waals surface area contributed by atoms with Gasteiger partial charge in [-0.1, -0.05) is 6.07 Å². The third-order valence-electron chi connectivity index (χ3n) is 5.69. The van der Waals surface area contributed by atoms with Crippen LogP contribution in [0.25, 0.3) is 0 Å². The second-order valence-electron chi connectivity index (χ2n) is 7.49. The smallest absolute Gasteiger partial charge is 0.132 e. The molecule has 2 aliphatic rings. The first-order valence-electron chi connectivity index (χ1n) is 9.35. The molecule has 0 saturated carbocycles. The Bertz CT molecular complexity index is 906. The molecule has 3 heterocycles. The topological polar surface area (TPSA) is 65.8 Å². The molecule has 2 aromatic rings. The number of benzene rings is 1. The minimum absolute atomic E-state index is 0.0294. The summed E-state index contributed by atoms with van der Waals surface area (Å²) in [6, 6.07) is 5.59. The van der Waals surface area contributed by atoms with Gasteiger partial charge in [0.15, 0.2) is 0 Å². The number of aliphatic hydroxyl groups excluding tert-OH is 1. The molecule has 0 aliphatic carbocycles. The van der Waals surface area contributed by atoms with E-state index >= 15 is 0 Å². The van der Waals surface area contributed by atoms with Crippen molar-refractivity contribution in [2.75, 3.05) is 4.90 Å². The molecule has 5 atom stereocenters. The molecule has 2 N–H and O–H groups in total. The third kappa shape index (κ3) is 3.54. The number of halogens is 2. The molecule has 1 aromatic carbocycles. The fourth-order valence-corrected chi connectivity index (χ4v) is 4.74. The van der Waals surface area contributed by atoms with Crippen LogP contribution < -0.4 is 4.90 Å². The number of ether oxygens (including phenoxy) is 1. The van der Waals surface area contributed by atoms with Crippen LogP contribution in [0, 0.1) is 11.6 Å². The lowest BCUT2D eigenvalue weighted by molar-refractivity contribution is -0.215. The zero-order chi connectivity index (χ0) is 20.8. The molecular weight excluding hydrogens is 398 g/mol. The third-order valence-corrected chi connectivity index (χ3v) is 6.69. The van der Waals surface area contributed by atoms with Crippen LogP contribution in [0.1, 0.15) is 42.9 Å². The van der Waals surface area contributed by atoms with E-state index in [-0.39, 0.29) is 12.0 Å². The van der Waals surface area contributed by atoms with E-state index in [4.69, 9.17) is 4.74 Å². The maximum Gasteiger partial charge on any atom is 0.132 e. The average molecular weight is 420 g/mol. The van der Waals surface area contributed by atoms with Crippen molar-refractivity contribution in [3.63, 3.8) is 0 Å². The van der Waals surface area contributed by atoms with E-state index in [9.17, 15) is 19.0 Å². The maximum atomic E-state index is 14.4. The summed E-state index contributed by atoms with van der Waals surface area (Å²) in [5.74, 6) is -1.23. The van der Waals surface area contributed by atoms with Crippen LogP contribution in [0.2, 0.25) is 0 Å². The van der Waals surface area contributed by atoms with Crippen LogP contribution >= 0.6 is 11.8 Å². The summed E-state index contributed by atoms with van der Waals surface area (Å²) in [4.78, 5) is 5.94. The van der Waals surface area contributed by atoms with Crippen molar-refractivity contribution in [3.05, 3.63) is 71.0 Å².